The lowest BCUT2D eigenvalue weighted by Crippen LogP contribution is -2.33. The molecule has 8 heteroatoms. The van der Waals surface area contributed by atoms with Gasteiger partial charge in [-0.3, -0.25) is 4.79 Å². The minimum atomic E-state index is -0.269. The van der Waals surface area contributed by atoms with Crippen molar-refractivity contribution in [3.05, 3.63) is 29.3 Å². The minimum absolute atomic E-state index is 0.0456. The van der Waals surface area contributed by atoms with Crippen molar-refractivity contribution in [2.45, 2.75) is 30.8 Å². The number of nitrogens with zero attached hydrogens (tertiary/aromatic N) is 3. The van der Waals surface area contributed by atoms with E-state index in [2.05, 4.69) is 15.5 Å². The molecule has 0 unspecified atom stereocenters. The molecule has 0 bridgehead atoms. The quantitative estimate of drug-likeness (QED) is 0.573. The Labute approximate surface area is 150 Å². The zero-order chi connectivity index (χ0) is 17.5. The molecule has 1 heterocycles. The molecular weight excluding hydrogens is 348 g/mol. The van der Waals surface area contributed by atoms with Gasteiger partial charge >= 0.3 is 0 Å². The fourth-order valence-corrected chi connectivity index (χ4v) is 3.17. The number of carbonyl (C=O) groups is 1. The number of aromatic nitrogens is 3. The van der Waals surface area contributed by atoms with Gasteiger partial charge in [-0.1, -0.05) is 23.4 Å². The first-order valence-electron chi connectivity index (χ1n) is 7.69. The normalized spacial score (nSPS) is 12.2. The lowest BCUT2D eigenvalue weighted by Gasteiger charge is -2.12. The largest absolute Gasteiger partial charge is 0.383 e. The highest BCUT2D eigenvalue weighted by Gasteiger charge is 2.20. The minimum Gasteiger partial charge on any atom is -0.383 e. The summed E-state index contributed by atoms with van der Waals surface area (Å²) < 4.78 is 6.92. The van der Waals surface area contributed by atoms with E-state index in [1.165, 1.54) is 11.8 Å². The van der Waals surface area contributed by atoms with Gasteiger partial charge in [0.25, 0.3) is 0 Å². The maximum Gasteiger partial charge on any atom is 0.233 e. The van der Waals surface area contributed by atoms with E-state index in [1.54, 1.807) is 7.11 Å². The van der Waals surface area contributed by atoms with Crippen molar-refractivity contribution >= 4 is 29.3 Å². The van der Waals surface area contributed by atoms with Crippen LogP contribution < -0.4 is 5.32 Å². The molecule has 130 valence electrons. The summed E-state index contributed by atoms with van der Waals surface area (Å²) in [6, 6.07) is 7.47. The molecule has 6 nitrogen and oxygen atoms in total. The van der Waals surface area contributed by atoms with Crippen molar-refractivity contribution in [1.82, 2.24) is 20.1 Å². The van der Waals surface area contributed by atoms with Gasteiger partial charge in [0, 0.05) is 30.8 Å². The molecule has 0 aliphatic rings. The maximum absolute atomic E-state index is 12.1. The van der Waals surface area contributed by atoms with Crippen LogP contribution in [-0.2, 0) is 16.1 Å². The highest BCUT2D eigenvalue weighted by molar-refractivity contribution is 8.00. The van der Waals surface area contributed by atoms with Gasteiger partial charge in [0.2, 0.25) is 5.91 Å². The van der Waals surface area contributed by atoms with Crippen LogP contribution in [0.2, 0.25) is 5.02 Å². The lowest BCUT2D eigenvalue weighted by atomic mass is 10.2. The molecule has 1 amide bonds. The standard InChI is InChI=1S/C16H21ClN4O2S/c1-4-21-14(12-5-7-13(17)8-6-12)19-20-16(21)24-11(2)15(22)18-9-10-23-3/h5-8,11H,4,9-10H2,1-3H3,(H,18,22)/t11-/m1/s1. The van der Waals surface area contributed by atoms with Crippen molar-refractivity contribution in [3.63, 3.8) is 0 Å². The first-order valence-corrected chi connectivity index (χ1v) is 8.95. The molecule has 0 radical (unpaired) electrons. The Kier molecular flexibility index (Phi) is 7.08. The van der Waals surface area contributed by atoms with E-state index >= 15 is 0 Å². The third-order valence-electron chi connectivity index (χ3n) is 3.39. The van der Waals surface area contributed by atoms with Crippen LogP contribution in [-0.4, -0.2) is 46.2 Å². The molecule has 0 aliphatic heterocycles. The van der Waals surface area contributed by atoms with Crippen LogP contribution in [0.5, 0.6) is 0 Å². The fourth-order valence-electron chi connectivity index (χ4n) is 2.11. The van der Waals surface area contributed by atoms with Gasteiger partial charge in [-0.05, 0) is 38.1 Å². The van der Waals surface area contributed by atoms with Crippen molar-refractivity contribution in [3.8, 4) is 11.4 Å². The third-order valence-corrected chi connectivity index (χ3v) is 4.72. The smallest absolute Gasteiger partial charge is 0.233 e. The molecule has 0 saturated carbocycles. The fraction of sp³-hybridized carbons (Fsp3) is 0.438. The maximum atomic E-state index is 12.1. The van der Waals surface area contributed by atoms with Crippen LogP contribution in [0.15, 0.2) is 29.4 Å². The van der Waals surface area contributed by atoms with Crippen LogP contribution >= 0.6 is 23.4 Å². The van der Waals surface area contributed by atoms with Crippen molar-refractivity contribution < 1.29 is 9.53 Å². The molecule has 1 atom stereocenters. The Bertz CT molecular complexity index is 675. The Morgan fingerprint density at radius 3 is 2.71 bits per heavy atom. The summed E-state index contributed by atoms with van der Waals surface area (Å²) in [6.45, 7) is 5.58. The van der Waals surface area contributed by atoms with Gasteiger partial charge in [0.15, 0.2) is 11.0 Å². The highest BCUT2D eigenvalue weighted by Crippen LogP contribution is 2.27. The predicted molar refractivity (Wildman–Crippen MR) is 96.3 cm³/mol. The van der Waals surface area contributed by atoms with Crippen LogP contribution in [0.4, 0.5) is 0 Å². The Morgan fingerprint density at radius 2 is 2.08 bits per heavy atom. The third kappa shape index (κ3) is 4.72. The number of halogens is 1. The number of nitrogens with one attached hydrogen (secondary N) is 1. The molecule has 1 aromatic carbocycles. The number of benzene rings is 1. The van der Waals surface area contributed by atoms with E-state index in [0.29, 0.717) is 24.7 Å². The molecule has 0 fully saturated rings. The molecule has 24 heavy (non-hydrogen) atoms. The molecule has 1 N–H and O–H groups in total. The van der Waals surface area contributed by atoms with Crippen molar-refractivity contribution in [1.29, 1.82) is 0 Å². The molecule has 0 aliphatic carbocycles. The van der Waals surface area contributed by atoms with Gasteiger partial charge in [-0.15, -0.1) is 10.2 Å². The Balaban J connectivity index is 2.11. The summed E-state index contributed by atoms with van der Waals surface area (Å²) in [4.78, 5) is 12.1. The zero-order valence-corrected chi connectivity index (χ0v) is 15.5. The number of hydrogen-bond acceptors (Lipinski definition) is 5. The average molecular weight is 369 g/mol. The van der Waals surface area contributed by atoms with Gasteiger partial charge in [0.1, 0.15) is 0 Å². The summed E-state index contributed by atoms with van der Waals surface area (Å²) in [5.41, 5.74) is 0.942. The Hall–Kier alpha value is -1.57. The molecule has 2 aromatic rings. The number of carbonyl (C=O) groups excluding carboxylic acids is 1. The monoisotopic (exact) mass is 368 g/mol. The van der Waals surface area contributed by atoms with Crippen LogP contribution in [0.3, 0.4) is 0 Å². The van der Waals surface area contributed by atoms with E-state index in [1.807, 2.05) is 42.7 Å². The van der Waals surface area contributed by atoms with Gasteiger partial charge in [-0.25, -0.2) is 0 Å². The zero-order valence-electron chi connectivity index (χ0n) is 14.0. The number of rotatable bonds is 8. The van der Waals surface area contributed by atoms with Gasteiger partial charge in [-0.2, -0.15) is 0 Å². The SMILES string of the molecule is CCn1c(S[C@H](C)C(=O)NCCOC)nnc1-c1ccc(Cl)cc1. The predicted octanol–water partition coefficient (Wildman–Crippen LogP) is 2.86. The molecule has 0 spiro atoms. The number of methoxy groups -OCH3 is 1. The summed E-state index contributed by atoms with van der Waals surface area (Å²) in [6.07, 6.45) is 0. The van der Waals surface area contributed by atoms with Gasteiger partial charge < -0.3 is 14.6 Å². The van der Waals surface area contributed by atoms with E-state index in [0.717, 1.165) is 16.5 Å². The average Bonchev–Trinajstić information content (AvgIpc) is 2.98. The first-order chi connectivity index (χ1) is 11.6. The highest BCUT2D eigenvalue weighted by atomic mass is 35.5. The number of thioether (sulfide) groups is 1. The summed E-state index contributed by atoms with van der Waals surface area (Å²) >= 11 is 7.32. The lowest BCUT2D eigenvalue weighted by molar-refractivity contribution is -0.120. The number of amides is 1. The summed E-state index contributed by atoms with van der Waals surface area (Å²) in [5.74, 6) is 0.722. The molecule has 2 rings (SSSR count). The summed E-state index contributed by atoms with van der Waals surface area (Å²) in [7, 11) is 1.60. The second-order valence-electron chi connectivity index (χ2n) is 5.10. The van der Waals surface area contributed by atoms with Crippen molar-refractivity contribution in [2.24, 2.45) is 0 Å². The second-order valence-corrected chi connectivity index (χ2v) is 6.85. The molecular formula is C16H21ClN4O2S. The van der Waals surface area contributed by atoms with Crippen LogP contribution in [0.1, 0.15) is 13.8 Å². The van der Waals surface area contributed by atoms with Crippen molar-refractivity contribution in [2.75, 3.05) is 20.3 Å². The number of hydrogen-bond donors (Lipinski definition) is 1. The van der Waals surface area contributed by atoms with E-state index in [-0.39, 0.29) is 11.2 Å². The Morgan fingerprint density at radius 1 is 1.38 bits per heavy atom. The molecule has 1 aromatic heterocycles. The number of ether oxygens (including phenoxy) is 1. The molecule has 0 saturated heterocycles. The summed E-state index contributed by atoms with van der Waals surface area (Å²) in [5, 5.41) is 12.5. The van der Waals surface area contributed by atoms with Gasteiger partial charge in [0.05, 0.1) is 11.9 Å². The van der Waals surface area contributed by atoms with E-state index in [4.69, 9.17) is 16.3 Å². The van der Waals surface area contributed by atoms with Crippen LogP contribution in [0, 0.1) is 0 Å². The van der Waals surface area contributed by atoms with Crippen LogP contribution in [0.25, 0.3) is 11.4 Å². The van der Waals surface area contributed by atoms with E-state index < -0.39 is 0 Å². The topological polar surface area (TPSA) is 69.0 Å². The first kappa shape index (κ1) is 18.8. The van der Waals surface area contributed by atoms with E-state index in [9.17, 15) is 4.79 Å². The second kappa shape index (κ2) is 9.05.